The first-order chi connectivity index (χ1) is 8.36. The number of piperazine rings is 1. The van der Waals surface area contributed by atoms with Crippen LogP contribution < -0.4 is 10.1 Å². The summed E-state index contributed by atoms with van der Waals surface area (Å²) in [6.07, 6.45) is 0. The molecule has 1 heterocycles. The molecule has 0 radical (unpaired) electrons. The van der Waals surface area contributed by atoms with Crippen LogP contribution in [0.3, 0.4) is 0 Å². The van der Waals surface area contributed by atoms with Gasteiger partial charge in [-0.2, -0.15) is 0 Å². The predicted molar refractivity (Wildman–Crippen MR) is 67.3 cm³/mol. The first-order valence-electron chi connectivity index (χ1n) is 6.05. The average Bonchev–Trinajstić information content (AvgIpc) is 2.41. The van der Waals surface area contributed by atoms with E-state index in [0.717, 1.165) is 37.5 Å². The monoisotopic (exact) mass is 236 g/mol. The third-order valence-corrected chi connectivity index (χ3v) is 3.26. The summed E-state index contributed by atoms with van der Waals surface area (Å²) in [7, 11) is 1.67. The number of nitrogens with one attached hydrogen (secondary N) is 1. The Balaban J connectivity index is 2.21. The highest BCUT2D eigenvalue weighted by atomic mass is 16.5. The van der Waals surface area contributed by atoms with Crippen molar-refractivity contribution in [1.29, 1.82) is 0 Å². The SMILES string of the molecule is COc1ccccc1[C@H](CO)N1CCNCC1. The number of rotatable bonds is 4. The highest BCUT2D eigenvalue weighted by Gasteiger charge is 2.23. The molecule has 1 atom stereocenters. The van der Waals surface area contributed by atoms with Crippen molar-refractivity contribution in [2.45, 2.75) is 6.04 Å². The largest absolute Gasteiger partial charge is 0.496 e. The second kappa shape index (κ2) is 6.00. The number of methoxy groups -OCH3 is 1. The van der Waals surface area contributed by atoms with Crippen molar-refractivity contribution in [3.8, 4) is 5.75 Å². The Morgan fingerprint density at radius 3 is 2.71 bits per heavy atom. The van der Waals surface area contributed by atoms with Crippen LogP contribution in [0.25, 0.3) is 0 Å². The fourth-order valence-electron chi connectivity index (χ4n) is 2.35. The van der Waals surface area contributed by atoms with Gasteiger partial charge in [-0.1, -0.05) is 18.2 Å². The van der Waals surface area contributed by atoms with Gasteiger partial charge in [0, 0.05) is 31.7 Å². The van der Waals surface area contributed by atoms with Gasteiger partial charge in [0.15, 0.2) is 0 Å². The minimum atomic E-state index is 0.0354. The molecule has 4 heteroatoms. The number of hydrogen-bond acceptors (Lipinski definition) is 4. The van der Waals surface area contributed by atoms with Crippen molar-refractivity contribution in [2.24, 2.45) is 0 Å². The molecule has 0 saturated carbocycles. The van der Waals surface area contributed by atoms with Crippen LogP contribution in [0.15, 0.2) is 24.3 Å². The molecule has 1 saturated heterocycles. The topological polar surface area (TPSA) is 44.7 Å². The van der Waals surface area contributed by atoms with E-state index in [-0.39, 0.29) is 12.6 Å². The number of hydrogen-bond donors (Lipinski definition) is 2. The lowest BCUT2D eigenvalue weighted by Gasteiger charge is -2.34. The standard InChI is InChI=1S/C13H20N2O2/c1-17-13-5-3-2-4-11(13)12(10-16)15-8-6-14-7-9-15/h2-5,12,14,16H,6-10H2,1H3/t12-/m0/s1. The number of para-hydroxylation sites is 1. The Bertz CT molecular complexity index is 351. The van der Waals surface area contributed by atoms with Crippen LogP contribution in [0, 0.1) is 0 Å². The second-order valence-corrected chi connectivity index (χ2v) is 4.23. The van der Waals surface area contributed by atoms with Crippen molar-refractivity contribution >= 4 is 0 Å². The quantitative estimate of drug-likeness (QED) is 0.805. The number of ether oxygens (including phenoxy) is 1. The van der Waals surface area contributed by atoms with E-state index >= 15 is 0 Å². The molecule has 0 aliphatic carbocycles. The summed E-state index contributed by atoms with van der Waals surface area (Å²) in [5.74, 6) is 0.852. The summed E-state index contributed by atoms with van der Waals surface area (Å²) in [5, 5.41) is 13.0. The summed E-state index contributed by atoms with van der Waals surface area (Å²) in [5.41, 5.74) is 1.07. The molecule has 2 rings (SSSR count). The zero-order valence-electron chi connectivity index (χ0n) is 10.2. The second-order valence-electron chi connectivity index (χ2n) is 4.23. The van der Waals surface area contributed by atoms with Crippen molar-refractivity contribution < 1.29 is 9.84 Å². The summed E-state index contributed by atoms with van der Waals surface area (Å²) < 4.78 is 5.37. The third-order valence-electron chi connectivity index (χ3n) is 3.26. The van der Waals surface area contributed by atoms with Gasteiger partial charge in [-0.3, -0.25) is 4.90 Å². The maximum Gasteiger partial charge on any atom is 0.123 e. The Labute approximate surface area is 102 Å². The van der Waals surface area contributed by atoms with Crippen LogP contribution in [-0.4, -0.2) is 49.9 Å². The van der Waals surface area contributed by atoms with Gasteiger partial charge in [0.05, 0.1) is 19.8 Å². The van der Waals surface area contributed by atoms with Crippen LogP contribution in [-0.2, 0) is 0 Å². The number of aliphatic hydroxyl groups excluding tert-OH is 1. The summed E-state index contributed by atoms with van der Waals surface area (Å²) in [4.78, 5) is 2.30. The Morgan fingerprint density at radius 2 is 2.06 bits per heavy atom. The zero-order chi connectivity index (χ0) is 12.1. The molecule has 1 aliphatic rings. The molecule has 1 aromatic carbocycles. The molecular formula is C13H20N2O2. The fraction of sp³-hybridized carbons (Fsp3) is 0.538. The Morgan fingerprint density at radius 1 is 1.35 bits per heavy atom. The van der Waals surface area contributed by atoms with E-state index in [4.69, 9.17) is 4.74 Å². The van der Waals surface area contributed by atoms with Gasteiger partial charge >= 0.3 is 0 Å². The molecule has 4 nitrogen and oxygen atoms in total. The molecule has 0 spiro atoms. The predicted octanol–water partition coefficient (Wildman–Crippen LogP) is 0.634. The number of nitrogens with zero attached hydrogens (tertiary/aromatic N) is 1. The van der Waals surface area contributed by atoms with E-state index in [9.17, 15) is 5.11 Å². The molecule has 0 amide bonds. The van der Waals surface area contributed by atoms with Gasteiger partial charge in [0.2, 0.25) is 0 Å². The maximum absolute atomic E-state index is 9.63. The van der Waals surface area contributed by atoms with E-state index < -0.39 is 0 Å². The molecule has 94 valence electrons. The van der Waals surface area contributed by atoms with E-state index in [2.05, 4.69) is 10.2 Å². The molecule has 2 N–H and O–H groups in total. The minimum Gasteiger partial charge on any atom is -0.496 e. The van der Waals surface area contributed by atoms with Crippen LogP contribution in [0.2, 0.25) is 0 Å². The maximum atomic E-state index is 9.63. The highest BCUT2D eigenvalue weighted by molar-refractivity contribution is 5.36. The molecular weight excluding hydrogens is 216 g/mol. The number of aliphatic hydroxyl groups is 1. The van der Waals surface area contributed by atoms with Gasteiger partial charge in [0.1, 0.15) is 5.75 Å². The van der Waals surface area contributed by atoms with Gasteiger partial charge in [-0.25, -0.2) is 0 Å². The van der Waals surface area contributed by atoms with Gasteiger partial charge in [-0.15, -0.1) is 0 Å². The van der Waals surface area contributed by atoms with Crippen LogP contribution >= 0.6 is 0 Å². The van der Waals surface area contributed by atoms with E-state index in [1.54, 1.807) is 7.11 Å². The molecule has 0 unspecified atom stereocenters. The molecule has 1 fully saturated rings. The fourth-order valence-corrected chi connectivity index (χ4v) is 2.35. The summed E-state index contributed by atoms with van der Waals surface area (Å²) in [6, 6.07) is 7.95. The van der Waals surface area contributed by atoms with E-state index in [0.29, 0.717) is 0 Å². The van der Waals surface area contributed by atoms with Crippen molar-refractivity contribution in [3.63, 3.8) is 0 Å². The lowest BCUT2D eigenvalue weighted by Crippen LogP contribution is -2.46. The summed E-state index contributed by atoms with van der Waals surface area (Å²) >= 11 is 0. The van der Waals surface area contributed by atoms with Gasteiger partial charge < -0.3 is 15.2 Å². The lowest BCUT2D eigenvalue weighted by molar-refractivity contribution is 0.109. The number of benzene rings is 1. The Hall–Kier alpha value is -1.10. The van der Waals surface area contributed by atoms with Gasteiger partial charge in [0.25, 0.3) is 0 Å². The van der Waals surface area contributed by atoms with Crippen LogP contribution in [0.4, 0.5) is 0 Å². The van der Waals surface area contributed by atoms with Gasteiger partial charge in [-0.05, 0) is 6.07 Å². The molecule has 1 aromatic rings. The average molecular weight is 236 g/mol. The van der Waals surface area contributed by atoms with E-state index in [1.165, 1.54) is 0 Å². The molecule has 0 bridgehead atoms. The highest BCUT2D eigenvalue weighted by Crippen LogP contribution is 2.28. The van der Waals surface area contributed by atoms with Crippen LogP contribution in [0.1, 0.15) is 11.6 Å². The van der Waals surface area contributed by atoms with E-state index in [1.807, 2.05) is 24.3 Å². The smallest absolute Gasteiger partial charge is 0.123 e. The van der Waals surface area contributed by atoms with Crippen molar-refractivity contribution in [2.75, 3.05) is 39.9 Å². The molecule has 17 heavy (non-hydrogen) atoms. The normalized spacial score (nSPS) is 18.9. The molecule has 0 aromatic heterocycles. The first-order valence-corrected chi connectivity index (χ1v) is 6.05. The third kappa shape index (κ3) is 2.77. The minimum absolute atomic E-state index is 0.0354. The lowest BCUT2D eigenvalue weighted by atomic mass is 10.0. The Kier molecular flexibility index (Phi) is 4.36. The zero-order valence-corrected chi connectivity index (χ0v) is 10.2. The van der Waals surface area contributed by atoms with Crippen molar-refractivity contribution in [1.82, 2.24) is 10.2 Å². The first kappa shape index (κ1) is 12.4. The van der Waals surface area contributed by atoms with Crippen molar-refractivity contribution in [3.05, 3.63) is 29.8 Å². The summed E-state index contributed by atoms with van der Waals surface area (Å²) in [6.45, 7) is 4.00. The van der Waals surface area contributed by atoms with Crippen LogP contribution in [0.5, 0.6) is 5.75 Å². The molecule has 1 aliphatic heterocycles.